The minimum atomic E-state index is 0.492. The summed E-state index contributed by atoms with van der Waals surface area (Å²) in [7, 11) is 1.77. The summed E-state index contributed by atoms with van der Waals surface area (Å²) in [4.78, 5) is 4.46. The predicted molar refractivity (Wildman–Crippen MR) is 68.8 cm³/mol. The van der Waals surface area contributed by atoms with Gasteiger partial charge >= 0.3 is 0 Å². The number of pyridine rings is 1. The third-order valence-electron chi connectivity index (χ3n) is 3.43. The zero-order valence-electron chi connectivity index (χ0n) is 10.8. The number of nitrogens with zero attached hydrogens (tertiary/aromatic N) is 1. The average molecular weight is 234 g/mol. The summed E-state index contributed by atoms with van der Waals surface area (Å²) in [5.74, 6) is 0.809. The Morgan fingerprint density at radius 2 is 2.35 bits per heavy atom. The fraction of sp³-hybridized carbons (Fsp3) is 0.643. The van der Waals surface area contributed by atoms with Crippen LogP contribution in [0.25, 0.3) is 0 Å². The Hall–Kier alpha value is -0.930. The Bertz CT molecular complexity index is 350. The van der Waals surface area contributed by atoms with Gasteiger partial charge in [-0.1, -0.05) is 13.0 Å². The number of methoxy groups -OCH3 is 1. The van der Waals surface area contributed by atoms with E-state index in [2.05, 4.69) is 23.3 Å². The quantitative estimate of drug-likeness (QED) is 0.785. The van der Waals surface area contributed by atoms with E-state index in [9.17, 15) is 0 Å². The maximum Gasteiger partial charge on any atom is 0.0618 e. The summed E-state index contributed by atoms with van der Waals surface area (Å²) in [5, 5.41) is 3.59. The first-order valence-corrected chi connectivity index (χ1v) is 6.50. The van der Waals surface area contributed by atoms with Crippen molar-refractivity contribution in [3.63, 3.8) is 0 Å². The van der Waals surface area contributed by atoms with E-state index in [1.807, 2.05) is 12.3 Å². The lowest BCUT2D eigenvalue weighted by atomic mass is 10.1. The van der Waals surface area contributed by atoms with Crippen LogP contribution in [0.5, 0.6) is 0 Å². The van der Waals surface area contributed by atoms with E-state index in [-0.39, 0.29) is 0 Å². The molecule has 1 aromatic heterocycles. The minimum Gasteiger partial charge on any atom is -0.383 e. The SMILES string of the molecule is CCc1cccnc1CNC(COC)C1CC1. The molecular formula is C14H22N2O. The highest BCUT2D eigenvalue weighted by Gasteiger charge is 2.30. The van der Waals surface area contributed by atoms with Crippen LogP contribution < -0.4 is 5.32 Å². The number of nitrogens with one attached hydrogen (secondary N) is 1. The molecule has 1 aliphatic rings. The number of ether oxygens (including phenoxy) is 1. The molecule has 0 amide bonds. The molecule has 17 heavy (non-hydrogen) atoms. The fourth-order valence-electron chi connectivity index (χ4n) is 2.22. The molecule has 0 saturated heterocycles. The zero-order valence-corrected chi connectivity index (χ0v) is 10.8. The van der Waals surface area contributed by atoms with Crippen molar-refractivity contribution in [3.8, 4) is 0 Å². The fourth-order valence-corrected chi connectivity index (χ4v) is 2.22. The third-order valence-corrected chi connectivity index (χ3v) is 3.43. The van der Waals surface area contributed by atoms with Crippen LogP contribution in [0.1, 0.15) is 31.0 Å². The van der Waals surface area contributed by atoms with Gasteiger partial charge in [-0.25, -0.2) is 0 Å². The minimum absolute atomic E-state index is 0.492. The Kier molecular flexibility index (Phi) is 4.51. The average Bonchev–Trinajstić information content (AvgIpc) is 3.19. The van der Waals surface area contributed by atoms with Gasteiger partial charge in [-0.15, -0.1) is 0 Å². The summed E-state index contributed by atoms with van der Waals surface area (Å²) in [6, 6.07) is 4.66. The lowest BCUT2D eigenvalue weighted by Crippen LogP contribution is -2.35. The second kappa shape index (κ2) is 6.12. The van der Waals surface area contributed by atoms with Crippen molar-refractivity contribution < 1.29 is 4.74 Å². The van der Waals surface area contributed by atoms with E-state index >= 15 is 0 Å². The second-order valence-corrected chi connectivity index (χ2v) is 4.74. The Morgan fingerprint density at radius 3 is 3.00 bits per heavy atom. The largest absolute Gasteiger partial charge is 0.383 e. The monoisotopic (exact) mass is 234 g/mol. The highest BCUT2D eigenvalue weighted by molar-refractivity contribution is 5.19. The van der Waals surface area contributed by atoms with E-state index in [1.165, 1.54) is 24.1 Å². The van der Waals surface area contributed by atoms with Crippen molar-refractivity contribution in [2.45, 2.75) is 38.8 Å². The van der Waals surface area contributed by atoms with Crippen LogP contribution in [0.15, 0.2) is 18.3 Å². The number of aromatic nitrogens is 1. The molecule has 1 aromatic rings. The number of hydrogen-bond donors (Lipinski definition) is 1. The van der Waals surface area contributed by atoms with Crippen molar-refractivity contribution in [1.82, 2.24) is 10.3 Å². The number of rotatable bonds is 7. The first kappa shape index (κ1) is 12.5. The maximum absolute atomic E-state index is 5.27. The molecule has 94 valence electrons. The van der Waals surface area contributed by atoms with Gasteiger partial charge in [0.2, 0.25) is 0 Å². The predicted octanol–water partition coefficient (Wildman–Crippen LogP) is 2.16. The van der Waals surface area contributed by atoms with Crippen LogP contribution in [0.3, 0.4) is 0 Å². The van der Waals surface area contributed by atoms with E-state index in [1.54, 1.807) is 7.11 Å². The van der Waals surface area contributed by atoms with Crippen LogP contribution in [0, 0.1) is 5.92 Å². The molecule has 1 fully saturated rings. The van der Waals surface area contributed by atoms with Crippen LogP contribution in [0.4, 0.5) is 0 Å². The molecule has 0 aromatic carbocycles. The van der Waals surface area contributed by atoms with Crippen molar-refractivity contribution in [2.75, 3.05) is 13.7 Å². The second-order valence-electron chi connectivity index (χ2n) is 4.74. The van der Waals surface area contributed by atoms with Crippen LogP contribution >= 0.6 is 0 Å². The third kappa shape index (κ3) is 3.51. The van der Waals surface area contributed by atoms with Crippen molar-refractivity contribution in [2.24, 2.45) is 5.92 Å². The Balaban J connectivity index is 1.91. The summed E-state index contributed by atoms with van der Waals surface area (Å²) in [6.45, 7) is 3.83. The molecule has 0 radical (unpaired) electrons. The molecule has 3 nitrogen and oxygen atoms in total. The molecule has 1 N–H and O–H groups in total. The van der Waals surface area contributed by atoms with Crippen LogP contribution in [-0.4, -0.2) is 24.7 Å². The molecule has 0 aliphatic heterocycles. The Labute approximate surface area is 104 Å². The van der Waals surface area contributed by atoms with Gasteiger partial charge < -0.3 is 10.1 Å². The molecule has 1 saturated carbocycles. The molecular weight excluding hydrogens is 212 g/mol. The molecule has 1 atom stereocenters. The molecule has 1 unspecified atom stereocenters. The maximum atomic E-state index is 5.27. The molecule has 1 heterocycles. The first-order valence-electron chi connectivity index (χ1n) is 6.50. The van der Waals surface area contributed by atoms with Gasteiger partial charge in [-0.05, 0) is 36.8 Å². The summed E-state index contributed by atoms with van der Waals surface area (Å²) < 4.78 is 5.27. The van der Waals surface area contributed by atoms with Gasteiger partial charge in [-0.2, -0.15) is 0 Å². The first-order chi connectivity index (χ1) is 8.35. The number of aryl methyl sites for hydroxylation is 1. The Morgan fingerprint density at radius 1 is 1.53 bits per heavy atom. The highest BCUT2D eigenvalue weighted by Crippen LogP contribution is 2.32. The van der Waals surface area contributed by atoms with E-state index in [0.29, 0.717) is 6.04 Å². The standard InChI is InChI=1S/C14H22N2O/c1-3-11-5-4-8-15-13(11)9-16-14(10-17-2)12-6-7-12/h4-5,8,12,14,16H,3,6-7,9-10H2,1-2H3. The van der Waals surface area contributed by atoms with Gasteiger partial charge in [0, 0.05) is 25.9 Å². The molecule has 3 heteroatoms. The summed E-state index contributed by atoms with van der Waals surface area (Å²) >= 11 is 0. The highest BCUT2D eigenvalue weighted by atomic mass is 16.5. The van der Waals surface area contributed by atoms with Gasteiger partial charge in [0.05, 0.1) is 12.3 Å². The lowest BCUT2D eigenvalue weighted by Gasteiger charge is -2.17. The van der Waals surface area contributed by atoms with E-state index in [0.717, 1.165) is 25.5 Å². The van der Waals surface area contributed by atoms with Gasteiger partial charge in [0.25, 0.3) is 0 Å². The van der Waals surface area contributed by atoms with E-state index < -0.39 is 0 Å². The zero-order chi connectivity index (χ0) is 12.1. The topological polar surface area (TPSA) is 34.2 Å². The normalized spacial score (nSPS) is 17.1. The van der Waals surface area contributed by atoms with Gasteiger partial charge in [0.1, 0.15) is 0 Å². The van der Waals surface area contributed by atoms with Gasteiger partial charge in [0.15, 0.2) is 0 Å². The smallest absolute Gasteiger partial charge is 0.0618 e. The molecule has 2 rings (SSSR count). The molecule has 1 aliphatic carbocycles. The lowest BCUT2D eigenvalue weighted by molar-refractivity contribution is 0.156. The summed E-state index contributed by atoms with van der Waals surface area (Å²) in [5.41, 5.74) is 2.52. The molecule has 0 bridgehead atoms. The van der Waals surface area contributed by atoms with Gasteiger partial charge in [-0.3, -0.25) is 4.98 Å². The van der Waals surface area contributed by atoms with Crippen LogP contribution in [-0.2, 0) is 17.7 Å². The van der Waals surface area contributed by atoms with Crippen LogP contribution in [0.2, 0.25) is 0 Å². The van der Waals surface area contributed by atoms with Crippen molar-refractivity contribution in [1.29, 1.82) is 0 Å². The molecule has 0 spiro atoms. The number of hydrogen-bond acceptors (Lipinski definition) is 3. The van der Waals surface area contributed by atoms with Crippen molar-refractivity contribution in [3.05, 3.63) is 29.6 Å². The van der Waals surface area contributed by atoms with E-state index in [4.69, 9.17) is 4.74 Å². The van der Waals surface area contributed by atoms with Crippen molar-refractivity contribution >= 4 is 0 Å². The summed E-state index contributed by atoms with van der Waals surface area (Å²) in [6.07, 6.45) is 5.59.